The van der Waals surface area contributed by atoms with Crippen LogP contribution in [-0.4, -0.2) is 33.7 Å². The van der Waals surface area contributed by atoms with E-state index in [-0.39, 0.29) is 19.1 Å². The number of benzene rings is 2. The molecule has 128 valence electrons. The van der Waals surface area contributed by atoms with Crippen LogP contribution in [0.3, 0.4) is 0 Å². The molecule has 0 bridgehead atoms. The van der Waals surface area contributed by atoms with Gasteiger partial charge in [0.2, 0.25) is 5.91 Å². The normalized spacial score (nSPS) is 10.6. The molecule has 0 unspecified atom stereocenters. The molecule has 5 nitrogen and oxygen atoms in total. The van der Waals surface area contributed by atoms with Crippen LogP contribution < -0.4 is 5.32 Å². The third-order valence-electron chi connectivity index (χ3n) is 3.95. The van der Waals surface area contributed by atoms with Crippen molar-refractivity contribution in [2.45, 2.75) is 13.0 Å². The Bertz CT molecular complexity index is 813. The fourth-order valence-corrected chi connectivity index (χ4v) is 2.76. The van der Waals surface area contributed by atoms with E-state index in [9.17, 15) is 4.79 Å². The van der Waals surface area contributed by atoms with E-state index in [1.807, 2.05) is 65.2 Å². The fourth-order valence-electron chi connectivity index (χ4n) is 2.76. The van der Waals surface area contributed by atoms with Gasteiger partial charge in [0.05, 0.1) is 24.3 Å². The molecule has 0 aliphatic heterocycles. The number of amides is 1. The van der Waals surface area contributed by atoms with Gasteiger partial charge in [-0.15, -0.1) is 0 Å². The van der Waals surface area contributed by atoms with E-state index < -0.39 is 0 Å². The van der Waals surface area contributed by atoms with Gasteiger partial charge >= 0.3 is 0 Å². The number of aliphatic hydroxyl groups excluding tert-OH is 1. The molecule has 0 aliphatic rings. The summed E-state index contributed by atoms with van der Waals surface area (Å²) >= 11 is 0. The van der Waals surface area contributed by atoms with Crippen molar-refractivity contribution in [1.29, 1.82) is 0 Å². The fraction of sp³-hybridized carbons (Fsp3) is 0.200. The summed E-state index contributed by atoms with van der Waals surface area (Å²) in [5, 5.41) is 11.5. The van der Waals surface area contributed by atoms with E-state index in [4.69, 9.17) is 5.11 Å². The lowest BCUT2D eigenvalue weighted by atomic mass is 10.0. The van der Waals surface area contributed by atoms with Crippen molar-refractivity contribution in [3.8, 4) is 22.5 Å². The molecule has 2 aromatic carbocycles. The molecule has 0 radical (unpaired) electrons. The zero-order valence-corrected chi connectivity index (χ0v) is 13.9. The average molecular weight is 335 g/mol. The summed E-state index contributed by atoms with van der Waals surface area (Å²) in [7, 11) is 0. The third-order valence-corrected chi connectivity index (χ3v) is 3.95. The van der Waals surface area contributed by atoms with Gasteiger partial charge in [-0.2, -0.15) is 0 Å². The summed E-state index contributed by atoms with van der Waals surface area (Å²) in [6, 6.07) is 20.1. The minimum Gasteiger partial charge on any atom is -0.395 e. The Morgan fingerprint density at radius 3 is 2.28 bits per heavy atom. The SMILES string of the molecule is O=C(CCn1cnc(-c2ccccc2)c1-c1ccccc1)NCCO. The largest absolute Gasteiger partial charge is 0.395 e. The third kappa shape index (κ3) is 4.14. The quantitative estimate of drug-likeness (QED) is 0.698. The van der Waals surface area contributed by atoms with Gasteiger partial charge in [0.1, 0.15) is 0 Å². The Labute approximate surface area is 147 Å². The number of hydrogen-bond acceptors (Lipinski definition) is 3. The number of nitrogens with one attached hydrogen (secondary N) is 1. The number of aromatic nitrogens is 2. The Balaban J connectivity index is 1.91. The van der Waals surface area contributed by atoms with Crippen LogP contribution in [-0.2, 0) is 11.3 Å². The van der Waals surface area contributed by atoms with Gasteiger partial charge in [-0.1, -0.05) is 60.7 Å². The zero-order chi connectivity index (χ0) is 17.5. The maximum Gasteiger partial charge on any atom is 0.221 e. The maximum absolute atomic E-state index is 11.8. The summed E-state index contributed by atoms with van der Waals surface area (Å²) in [6.07, 6.45) is 2.12. The lowest BCUT2D eigenvalue weighted by Crippen LogP contribution is -2.27. The number of hydrogen-bond donors (Lipinski definition) is 2. The van der Waals surface area contributed by atoms with Crippen LogP contribution in [0.4, 0.5) is 0 Å². The van der Waals surface area contributed by atoms with E-state index in [1.54, 1.807) is 6.33 Å². The van der Waals surface area contributed by atoms with E-state index >= 15 is 0 Å². The molecule has 3 rings (SSSR count). The first-order valence-corrected chi connectivity index (χ1v) is 8.33. The van der Waals surface area contributed by atoms with Crippen molar-refractivity contribution < 1.29 is 9.90 Å². The van der Waals surface area contributed by atoms with Crippen LogP contribution in [0.1, 0.15) is 6.42 Å². The average Bonchev–Trinajstić information content (AvgIpc) is 3.10. The molecule has 3 aromatic rings. The predicted molar refractivity (Wildman–Crippen MR) is 97.8 cm³/mol. The summed E-state index contributed by atoms with van der Waals surface area (Å²) in [5.41, 5.74) is 4.02. The molecule has 1 aromatic heterocycles. The highest BCUT2D eigenvalue weighted by molar-refractivity contribution is 5.79. The van der Waals surface area contributed by atoms with Crippen LogP contribution in [0.2, 0.25) is 0 Å². The van der Waals surface area contributed by atoms with Gasteiger partial charge in [-0.25, -0.2) is 4.98 Å². The first-order valence-electron chi connectivity index (χ1n) is 8.33. The van der Waals surface area contributed by atoms with Crippen LogP contribution in [0.5, 0.6) is 0 Å². The van der Waals surface area contributed by atoms with Gasteiger partial charge < -0.3 is 15.0 Å². The first kappa shape index (κ1) is 16.9. The zero-order valence-electron chi connectivity index (χ0n) is 13.9. The van der Waals surface area contributed by atoms with E-state index in [0.717, 1.165) is 22.5 Å². The Morgan fingerprint density at radius 2 is 1.64 bits per heavy atom. The molecule has 0 saturated heterocycles. The minimum atomic E-state index is -0.0805. The van der Waals surface area contributed by atoms with Gasteiger partial charge in [-0.3, -0.25) is 4.79 Å². The second-order valence-corrected chi connectivity index (χ2v) is 5.69. The molecule has 1 heterocycles. The van der Waals surface area contributed by atoms with Gasteiger partial charge in [-0.05, 0) is 0 Å². The standard InChI is InChI=1S/C20H21N3O2/c24-14-12-21-18(25)11-13-23-15-22-19(16-7-3-1-4-8-16)20(23)17-9-5-2-6-10-17/h1-10,15,24H,11-14H2,(H,21,25). The highest BCUT2D eigenvalue weighted by Gasteiger charge is 2.15. The van der Waals surface area contributed by atoms with Crippen LogP contribution >= 0.6 is 0 Å². The van der Waals surface area contributed by atoms with Crippen LogP contribution in [0.25, 0.3) is 22.5 Å². The van der Waals surface area contributed by atoms with E-state index in [2.05, 4.69) is 10.3 Å². The smallest absolute Gasteiger partial charge is 0.221 e. The van der Waals surface area contributed by atoms with Gasteiger partial charge in [0.25, 0.3) is 0 Å². The van der Waals surface area contributed by atoms with Crippen molar-refractivity contribution in [1.82, 2.24) is 14.9 Å². The van der Waals surface area contributed by atoms with Crippen molar-refractivity contribution in [3.63, 3.8) is 0 Å². The molecule has 1 amide bonds. The Morgan fingerprint density at radius 1 is 1.00 bits per heavy atom. The topological polar surface area (TPSA) is 67.2 Å². The first-order chi connectivity index (χ1) is 12.3. The molecule has 0 atom stereocenters. The monoisotopic (exact) mass is 335 g/mol. The molecular weight excluding hydrogens is 314 g/mol. The van der Waals surface area contributed by atoms with E-state index in [0.29, 0.717) is 13.0 Å². The molecule has 0 saturated carbocycles. The summed E-state index contributed by atoms with van der Waals surface area (Å²) in [4.78, 5) is 16.4. The number of rotatable bonds is 7. The minimum absolute atomic E-state index is 0.0514. The highest BCUT2D eigenvalue weighted by Crippen LogP contribution is 2.31. The number of carbonyl (C=O) groups is 1. The lowest BCUT2D eigenvalue weighted by molar-refractivity contribution is -0.121. The number of carbonyl (C=O) groups excluding carboxylic acids is 1. The second kappa shape index (κ2) is 8.26. The summed E-state index contributed by atoms with van der Waals surface area (Å²) < 4.78 is 2.01. The van der Waals surface area contributed by atoms with Gasteiger partial charge in [0.15, 0.2) is 0 Å². The number of nitrogens with zero attached hydrogens (tertiary/aromatic N) is 2. The molecule has 0 aliphatic carbocycles. The molecule has 25 heavy (non-hydrogen) atoms. The predicted octanol–water partition coefficient (Wildman–Crippen LogP) is 2.72. The molecule has 0 spiro atoms. The number of imidazole rings is 1. The maximum atomic E-state index is 11.8. The highest BCUT2D eigenvalue weighted by atomic mass is 16.3. The Hall–Kier alpha value is -2.92. The van der Waals surface area contributed by atoms with Crippen LogP contribution in [0.15, 0.2) is 67.0 Å². The molecular formula is C20H21N3O2. The molecule has 0 fully saturated rings. The molecule has 5 heteroatoms. The summed E-state index contributed by atoms with van der Waals surface area (Å²) in [5.74, 6) is -0.0805. The van der Waals surface area contributed by atoms with Gasteiger partial charge in [0, 0.05) is 30.6 Å². The number of aryl methyl sites for hydroxylation is 1. The van der Waals surface area contributed by atoms with Crippen LogP contribution in [0, 0.1) is 0 Å². The van der Waals surface area contributed by atoms with Crippen molar-refractivity contribution in [2.24, 2.45) is 0 Å². The Kier molecular flexibility index (Phi) is 5.59. The van der Waals surface area contributed by atoms with Crippen molar-refractivity contribution >= 4 is 5.91 Å². The molecule has 2 N–H and O–H groups in total. The van der Waals surface area contributed by atoms with Crippen molar-refractivity contribution in [2.75, 3.05) is 13.2 Å². The lowest BCUT2D eigenvalue weighted by Gasteiger charge is -2.11. The van der Waals surface area contributed by atoms with Crippen molar-refractivity contribution in [3.05, 3.63) is 67.0 Å². The second-order valence-electron chi connectivity index (χ2n) is 5.69. The van der Waals surface area contributed by atoms with E-state index in [1.165, 1.54) is 0 Å². The number of aliphatic hydroxyl groups is 1. The summed E-state index contributed by atoms with van der Waals surface area (Å²) in [6.45, 7) is 0.759.